The molecule has 0 bridgehead atoms. The van der Waals surface area contributed by atoms with Gasteiger partial charge in [-0.1, -0.05) is 0 Å². The Morgan fingerprint density at radius 1 is 1.00 bits per heavy atom. The zero-order valence-corrected chi connectivity index (χ0v) is 14.0. The van der Waals surface area contributed by atoms with Gasteiger partial charge in [-0.2, -0.15) is 0 Å². The van der Waals surface area contributed by atoms with E-state index in [0.717, 1.165) is 24.8 Å². The van der Waals surface area contributed by atoms with E-state index in [1.54, 1.807) is 0 Å². The minimum atomic E-state index is 0.125. The summed E-state index contributed by atoms with van der Waals surface area (Å²) in [6.07, 6.45) is 5.17. The van der Waals surface area contributed by atoms with E-state index in [-0.39, 0.29) is 20.7 Å². The standard InChI is InChI=1S/C19H20OSe/c1-2-3-12-18(21-17-13-8-5-9-14-17)15-19(20)16-10-6-4-7-11-16/h4-11,13-15H,2-3,12H2,1H3/b18-15+. The van der Waals surface area contributed by atoms with Crippen molar-refractivity contribution in [2.24, 2.45) is 0 Å². The molecule has 2 aromatic carbocycles. The maximum absolute atomic E-state index is 12.3. The Kier molecular flexibility index (Phi) is 6.46. The molecule has 21 heavy (non-hydrogen) atoms. The molecule has 2 heteroatoms. The van der Waals surface area contributed by atoms with Crippen molar-refractivity contribution in [3.8, 4) is 0 Å². The molecule has 0 saturated carbocycles. The monoisotopic (exact) mass is 344 g/mol. The predicted octanol–water partition coefficient (Wildman–Crippen LogP) is 3.97. The van der Waals surface area contributed by atoms with Gasteiger partial charge in [0.25, 0.3) is 0 Å². The molecular weight excluding hydrogens is 323 g/mol. The molecule has 108 valence electrons. The first-order valence-electron chi connectivity index (χ1n) is 7.32. The SMILES string of the molecule is CCCC/C(=C\C(=O)c1ccccc1)[Se]c1ccccc1. The summed E-state index contributed by atoms with van der Waals surface area (Å²) in [5.41, 5.74) is 0.773. The van der Waals surface area contributed by atoms with Crippen molar-refractivity contribution in [2.75, 3.05) is 0 Å². The Labute approximate surface area is 133 Å². The molecule has 0 spiro atoms. The normalized spacial score (nSPS) is 11.4. The molecular formula is C19H20OSe. The van der Waals surface area contributed by atoms with Crippen LogP contribution in [0.2, 0.25) is 0 Å². The molecule has 1 nitrogen and oxygen atoms in total. The number of allylic oxidation sites excluding steroid dienone is 2. The van der Waals surface area contributed by atoms with Crippen LogP contribution in [0.25, 0.3) is 0 Å². The van der Waals surface area contributed by atoms with E-state index in [2.05, 4.69) is 31.2 Å². The van der Waals surface area contributed by atoms with Gasteiger partial charge in [0.2, 0.25) is 0 Å². The summed E-state index contributed by atoms with van der Waals surface area (Å²) in [6, 6.07) is 20.0. The molecule has 0 aliphatic heterocycles. The van der Waals surface area contributed by atoms with Crippen LogP contribution >= 0.6 is 0 Å². The first kappa shape index (κ1) is 15.8. The Morgan fingerprint density at radius 3 is 2.24 bits per heavy atom. The third kappa shape index (κ3) is 5.34. The first-order chi connectivity index (χ1) is 10.3. The fourth-order valence-corrected chi connectivity index (χ4v) is 4.09. The second-order valence-corrected chi connectivity index (χ2v) is 7.38. The molecule has 0 saturated heterocycles. The first-order valence-corrected chi connectivity index (χ1v) is 9.03. The molecule has 2 rings (SSSR count). The zero-order chi connectivity index (χ0) is 14.9. The number of carbonyl (C=O) groups is 1. The van der Waals surface area contributed by atoms with Crippen LogP contribution in [0.1, 0.15) is 36.5 Å². The number of ketones is 1. The maximum atomic E-state index is 12.3. The van der Waals surface area contributed by atoms with Gasteiger partial charge in [0, 0.05) is 0 Å². The third-order valence-electron chi connectivity index (χ3n) is 3.12. The van der Waals surface area contributed by atoms with Crippen LogP contribution in [0.15, 0.2) is 71.2 Å². The van der Waals surface area contributed by atoms with Gasteiger partial charge in [-0.15, -0.1) is 0 Å². The summed E-state index contributed by atoms with van der Waals surface area (Å²) in [7, 11) is 0. The fourth-order valence-electron chi connectivity index (χ4n) is 1.98. The number of hydrogen-bond acceptors (Lipinski definition) is 1. The molecule has 0 amide bonds. The molecule has 0 radical (unpaired) electrons. The second kappa shape index (κ2) is 8.61. The molecule has 0 fully saturated rings. The molecule has 0 atom stereocenters. The minimum absolute atomic E-state index is 0.125. The van der Waals surface area contributed by atoms with Crippen molar-refractivity contribution in [3.05, 3.63) is 76.8 Å². The summed E-state index contributed by atoms with van der Waals surface area (Å²) in [5.74, 6) is 0.125. The molecule has 0 heterocycles. The Hall–Kier alpha value is -1.63. The van der Waals surface area contributed by atoms with Crippen LogP contribution in [0, 0.1) is 0 Å². The van der Waals surface area contributed by atoms with E-state index in [1.807, 2.05) is 42.5 Å². The average molecular weight is 343 g/mol. The number of hydrogen-bond donors (Lipinski definition) is 0. The number of rotatable bonds is 7. The quantitative estimate of drug-likeness (QED) is 0.422. The van der Waals surface area contributed by atoms with E-state index < -0.39 is 0 Å². The molecule has 0 unspecified atom stereocenters. The van der Waals surface area contributed by atoms with Gasteiger partial charge in [0.1, 0.15) is 0 Å². The van der Waals surface area contributed by atoms with Gasteiger partial charge < -0.3 is 0 Å². The molecule has 2 aromatic rings. The van der Waals surface area contributed by atoms with Gasteiger partial charge in [0.05, 0.1) is 0 Å². The number of unbranched alkanes of at least 4 members (excludes halogenated alkanes) is 1. The molecule has 0 aliphatic carbocycles. The molecule has 0 aliphatic rings. The van der Waals surface area contributed by atoms with E-state index in [0.29, 0.717) is 0 Å². The van der Waals surface area contributed by atoms with Crippen molar-refractivity contribution in [3.63, 3.8) is 0 Å². The Morgan fingerprint density at radius 2 is 1.62 bits per heavy atom. The third-order valence-corrected chi connectivity index (χ3v) is 5.41. The Balaban J connectivity index is 2.15. The van der Waals surface area contributed by atoms with Crippen LogP contribution in [-0.4, -0.2) is 20.7 Å². The second-order valence-electron chi connectivity index (χ2n) is 4.86. The summed E-state index contributed by atoms with van der Waals surface area (Å²) in [6.45, 7) is 2.19. The van der Waals surface area contributed by atoms with Gasteiger partial charge in [-0.3, -0.25) is 0 Å². The van der Waals surface area contributed by atoms with Crippen molar-refractivity contribution >= 4 is 25.2 Å². The van der Waals surface area contributed by atoms with Crippen LogP contribution in [0.4, 0.5) is 0 Å². The number of carbonyl (C=O) groups excluding carboxylic acids is 1. The van der Waals surface area contributed by atoms with Crippen molar-refractivity contribution in [1.29, 1.82) is 0 Å². The van der Waals surface area contributed by atoms with Crippen molar-refractivity contribution in [1.82, 2.24) is 0 Å². The van der Waals surface area contributed by atoms with E-state index in [1.165, 1.54) is 8.93 Å². The summed E-state index contributed by atoms with van der Waals surface area (Å²) < 4.78 is 2.61. The van der Waals surface area contributed by atoms with Crippen LogP contribution in [0.3, 0.4) is 0 Å². The summed E-state index contributed by atoms with van der Waals surface area (Å²) in [4.78, 5) is 12.3. The van der Waals surface area contributed by atoms with E-state index in [9.17, 15) is 4.79 Å². The fraction of sp³-hybridized carbons (Fsp3) is 0.211. The summed E-state index contributed by atoms with van der Waals surface area (Å²) >= 11 is 0.237. The van der Waals surface area contributed by atoms with Gasteiger partial charge in [-0.05, 0) is 0 Å². The predicted molar refractivity (Wildman–Crippen MR) is 90.2 cm³/mol. The van der Waals surface area contributed by atoms with Crippen molar-refractivity contribution in [2.45, 2.75) is 26.2 Å². The van der Waals surface area contributed by atoms with Crippen molar-refractivity contribution < 1.29 is 4.79 Å². The van der Waals surface area contributed by atoms with Crippen LogP contribution < -0.4 is 4.46 Å². The van der Waals surface area contributed by atoms with Gasteiger partial charge in [-0.25, -0.2) is 0 Å². The summed E-state index contributed by atoms with van der Waals surface area (Å²) in [5, 5.41) is 0. The van der Waals surface area contributed by atoms with Gasteiger partial charge in [0.15, 0.2) is 0 Å². The topological polar surface area (TPSA) is 17.1 Å². The molecule has 0 aromatic heterocycles. The average Bonchev–Trinajstić information content (AvgIpc) is 2.54. The molecule has 0 N–H and O–H groups in total. The van der Waals surface area contributed by atoms with Gasteiger partial charge >= 0.3 is 133 Å². The Bertz CT molecular complexity index is 587. The number of benzene rings is 2. The van der Waals surface area contributed by atoms with E-state index >= 15 is 0 Å². The zero-order valence-electron chi connectivity index (χ0n) is 12.3. The van der Waals surface area contributed by atoms with Crippen LogP contribution in [-0.2, 0) is 0 Å². The van der Waals surface area contributed by atoms with Crippen LogP contribution in [0.5, 0.6) is 0 Å². The van der Waals surface area contributed by atoms with E-state index in [4.69, 9.17) is 0 Å².